The maximum Gasteiger partial charge on any atom is 0.408 e. The highest BCUT2D eigenvalue weighted by Crippen LogP contribution is 2.30. The predicted octanol–water partition coefficient (Wildman–Crippen LogP) is 4.98. The molecule has 0 saturated heterocycles. The first-order valence-electron chi connectivity index (χ1n) is 10.0. The van der Waals surface area contributed by atoms with Crippen LogP contribution in [-0.4, -0.2) is 36.2 Å². The van der Waals surface area contributed by atoms with Gasteiger partial charge in [0.2, 0.25) is 0 Å². The highest BCUT2D eigenvalue weighted by Gasteiger charge is 2.31. The minimum absolute atomic E-state index is 0.115. The number of hydrogen-bond donors (Lipinski definition) is 1. The van der Waals surface area contributed by atoms with E-state index in [2.05, 4.69) is 5.32 Å². The molecule has 7 heteroatoms. The Morgan fingerprint density at radius 1 is 0.968 bits per heavy atom. The average molecular weight is 433 g/mol. The van der Waals surface area contributed by atoms with Gasteiger partial charge in [-0.25, -0.2) is 13.6 Å². The van der Waals surface area contributed by atoms with Crippen molar-refractivity contribution >= 4 is 12.4 Å². The molecule has 0 bridgehead atoms. The molecule has 0 radical (unpaired) electrons. The number of carbonyl (C=O) groups excluding carboxylic acids is 2. The number of hydrogen-bond acceptors (Lipinski definition) is 4. The first-order valence-corrected chi connectivity index (χ1v) is 10.0. The van der Waals surface area contributed by atoms with Crippen LogP contribution in [0.1, 0.15) is 51.7 Å². The molecule has 1 N–H and O–H groups in total. The van der Waals surface area contributed by atoms with E-state index in [0.29, 0.717) is 6.29 Å². The van der Waals surface area contributed by atoms with Crippen molar-refractivity contribution in [1.82, 2.24) is 5.32 Å². The van der Waals surface area contributed by atoms with Gasteiger partial charge in [-0.2, -0.15) is 0 Å². The van der Waals surface area contributed by atoms with Crippen LogP contribution in [0.3, 0.4) is 0 Å². The Hall–Kier alpha value is -2.80. The van der Waals surface area contributed by atoms with Gasteiger partial charge in [0.15, 0.2) is 0 Å². The summed E-state index contributed by atoms with van der Waals surface area (Å²) in [6.07, 6.45) is -0.614. The lowest BCUT2D eigenvalue weighted by atomic mass is 9.87. The number of halogens is 2. The van der Waals surface area contributed by atoms with Crippen LogP contribution in [0.5, 0.6) is 0 Å². The summed E-state index contributed by atoms with van der Waals surface area (Å²) in [6.45, 7) is 8.38. The molecule has 1 amide bonds. The largest absolute Gasteiger partial charge is 0.444 e. The highest BCUT2D eigenvalue weighted by molar-refractivity contribution is 5.76. The van der Waals surface area contributed by atoms with E-state index in [-0.39, 0.29) is 24.2 Å². The first kappa shape index (κ1) is 24.5. The minimum Gasteiger partial charge on any atom is -0.444 e. The lowest BCUT2D eigenvalue weighted by Gasteiger charge is -2.31. The third-order valence-electron chi connectivity index (χ3n) is 4.62. The molecule has 0 fully saturated rings. The Balaban J connectivity index is 2.19. The maximum absolute atomic E-state index is 13.4. The molecular formula is C24H29F2NO4. The zero-order valence-electron chi connectivity index (χ0n) is 18.4. The van der Waals surface area contributed by atoms with Crippen LogP contribution in [0.25, 0.3) is 0 Å². The van der Waals surface area contributed by atoms with Gasteiger partial charge in [-0.3, -0.25) is 0 Å². The molecule has 2 aromatic rings. The molecule has 2 aromatic carbocycles. The van der Waals surface area contributed by atoms with Crippen LogP contribution >= 0.6 is 0 Å². The van der Waals surface area contributed by atoms with E-state index < -0.39 is 23.3 Å². The molecule has 2 atom stereocenters. The van der Waals surface area contributed by atoms with Crippen LogP contribution in [0.2, 0.25) is 0 Å². The van der Waals surface area contributed by atoms with E-state index in [1.165, 1.54) is 31.2 Å². The molecule has 0 aromatic heterocycles. The van der Waals surface area contributed by atoms with Crippen LogP contribution in [-0.2, 0) is 14.3 Å². The molecule has 0 aliphatic rings. The number of nitrogens with one attached hydrogen (secondary N) is 1. The van der Waals surface area contributed by atoms with Crippen molar-refractivity contribution in [2.45, 2.75) is 57.8 Å². The lowest BCUT2D eigenvalue weighted by Crippen LogP contribution is -2.52. The van der Waals surface area contributed by atoms with Crippen molar-refractivity contribution in [2.24, 2.45) is 0 Å². The Morgan fingerprint density at radius 2 is 1.42 bits per heavy atom. The number of amides is 1. The fourth-order valence-corrected chi connectivity index (χ4v) is 3.11. The summed E-state index contributed by atoms with van der Waals surface area (Å²) in [5.74, 6) is -1.09. The molecule has 0 aliphatic heterocycles. The predicted molar refractivity (Wildman–Crippen MR) is 114 cm³/mol. The second-order valence-electron chi connectivity index (χ2n) is 8.76. The molecule has 168 valence electrons. The van der Waals surface area contributed by atoms with Gasteiger partial charge in [-0.15, -0.1) is 0 Å². The molecule has 0 spiro atoms. The summed E-state index contributed by atoms with van der Waals surface area (Å²) in [7, 11) is 0. The molecule has 0 saturated carbocycles. The van der Waals surface area contributed by atoms with E-state index in [1.807, 2.05) is 0 Å². The topological polar surface area (TPSA) is 64.6 Å². The maximum atomic E-state index is 13.4. The SMILES string of the molecule is C[C@H](OC[C@@](C)(C=O)NC(=O)OC(C)(C)C)C(c1ccc(F)cc1)c1ccc(F)cc1. The fraction of sp³-hybridized carbons (Fsp3) is 0.417. The minimum atomic E-state index is -1.31. The van der Waals surface area contributed by atoms with Gasteiger partial charge in [0.05, 0.1) is 12.7 Å². The summed E-state index contributed by atoms with van der Waals surface area (Å²) in [5, 5.41) is 2.53. The number of carbonyl (C=O) groups is 2. The monoisotopic (exact) mass is 433 g/mol. The van der Waals surface area contributed by atoms with E-state index >= 15 is 0 Å². The summed E-state index contributed by atoms with van der Waals surface area (Å²) in [6, 6.07) is 11.9. The van der Waals surface area contributed by atoms with Gasteiger partial charge in [0, 0.05) is 5.92 Å². The molecule has 0 aliphatic carbocycles. The number of ether oxygens (including phenoxy) is 2. The third kappa shape index (κ3) is 7.43. The second kappa shape index (κ2) is 10.0. The summed E-state index contributed by atoms with van der Waals surface area (Å²) in [5.41, 5.74) is -0.479. The van der Waals surface area contributed by atoms with E-state index in [9.17, 15) is 18.4 Å². The van der Waals surface area contributed by atoms with Gasteiger partial charge in [0.25, 0.3) is 0 Å². The van der Waals surface area contributed by atoms with Gasteiger partial charge < -0.3 is 19.6 Å². The standard InChI is InChI=1S/C24H29F2NO4/c1-16(30-15-24(5,14-28)27-22(29)31-23(2,3)4)21(17-6-10-19(25)11-7-17)18-8-12-20(26)13-9-18/h6-14,16,21H,15H2,1-5H3,(H,27,29)/t16-,24+/m0/s1. The van der Waals surface area contributed by atoms with Gasteiger partial charge >= 0.3 is 6.09 Å². The van der Waals surface area contributed by atoms with E-state index in [0.717, 1.165) is 11.1 Å². The third-order valence-corrected chi connectivity index (χ3v) is 4.62. The summed E-state index contributed by atoms with van der Waals surface area (Å²) in [4.78, 5) is 23.8. The fourth-order valence-electron chi connectivity index (χ4n) is 3.11. The van der Waals surface area contributed by atoms with E-state index in [4.69, 9.17) is 9.47 Å². The van der Waals surface area contributed by atoms with E-state index in [1.54, 1.807) is 52.0 Å². The van der Waals surface area contributed by atoms with Crippen molar-refractivity contribution < 1.29 is 27.8 Å². The van der Waals surface area contributed by atoms with Crippen molar-refractivity contribution in [3.05, 3.63) is 71.3 Å². The van der Waals surface area contributed by atoms with Crippen LogP contribution in [0.4, 0.5) is 13.6 Å². The van der Waals surface area contributed by atoms with Gasteiger partial charge in [-0.1, -0.05) is 24.3 Å². The van der Waals surface area contributed by atoms with Crippen molar-refractivity contribution in [3.8, 4) is 0 Å². The lowest BCUT2D eigenvalue weighted by molar-refractivity contribution is -0.116. The number of aldehydes is 1. The van der Waals surface area contributed by atoms with Crippen LogP contribution < -0.4 is 5.32 Å². The number of alkyl carbamates (subject to hydrolysis) is 1. The molecule has 2 rings (SSSR count). The Labute approximate surface area is 181 Å². The highest BCUT2D eigenvalue weighted by atomic mass is 19.1. The first-order chi connectivity index (χ1) is 14.4. The molecule has 0 heterocycles. The van der Waals surface area contributed by atoms with Crippen LogP contribution in [0, 0.1) is 11.6 Å². The molecule has 0 unspecified atom stereocenters. The summed E-state index contributed by atoms with van der Waals surface area (Å²) >= 11 is 0. The summed E-state index contributed by atoms with van der Waals surface area (Å²) < 4.78 is 38.0. The van der Waals surface area contributed by atoms with Crippen molar-refractivity contribution in [3.63, 3.8) is 0 Å². The van der Waals surface area contributed by atoms with Gasteiger partial charge in [0.1, 0.15) is 29.1 Å². The molecule has 31 heavy (non-hydrogen) atoms. The zero-order valence-corrected chi connectivity index (χ0v) is 18.4. The number of benzene rings is 2. The average Bonchev–Trinajstić information content (AvgIpc) is 2.68. The molecule has 5 nitrogen and oxygen atoms in total. The smallest absolute Gasteiger partial charge is 0.408 e. The normalized spacial score (nSPS) is 14.6. The van der Waals surface area contributed by atoms with Gasteiger partial charge in [-0.05, 0) is 70.0 Å². The number of rotatable bonds is 8. The quantitative estimate of drug-likeness (QED) is 0.596. The zero-order chi connectivity index (χ0) is 23.2. The Bertz CT molecular complexity index is 832. The molecular weight excluding hydrogens is 404 g/mol. The Kier molecular flexibility index (Phi) is 7.90. The second-order valence-corrected chi connectivity index (χ2v) is 8.76. The van der Waals surface area contributed by atoms with Crippen LogP contribution in [0.15, 0.2) is 48.5 Å². The Morgan fingerprint density at radius 3 is 1.81 bits per heavy atom. The van der Waals surface area contributed by atoms with Crippen molar-refractivity contribution in [2.75, 3.05) is 6.61 Å². The van der Waals surface area contributed by atoms with Crippen molar-refractivity contribution in [1.29, 1.82) is 0 Å².